The van der Waals surface area contributed by atoms with E-state index in [9.17, 15) is 14.4 Å². The zero-order valence-corrected chi connectivity index (χ0v) is 10.7. The fourth-order valence-electron chi connectivity index (χ4n) is 1.20. The maximum atomic E-state index is 11.7. The van der Waals surface area contributed by atoms with Crippen molar-refractivity contribution >= 4 is 29.2 Å². The normalized spacial score (nSPS) is 10.4. The van der Waals surface area contributed by atoms with E-state index in [0.29, 0.717) is 0 Å². The highest BCUT2D eigenvalue weighted by Gasteiger charge is 2.16. The predicted octanol–water partition coefficient (Wildman–Crippen LogP) is 0.417. The molecular weight excluding hydrogens is 271 g/mol. The highest BCUT2D eigenvalue weighted by Crippen LogP contribution is 2.11. The molecule has 0 saturated carbocycles. The molecule has 0 atom stereocenters. The van der Waals surface area contributed by atoms with Gasteiger partial charge in [-0.15, -0.1) is 0 Å². The van der Waals surface area contributed by atoms with Crippen molar-refractivity contribution in [3.05, 3.63) is 30.8 Å². The third kappa shape index (κ3) is 2.70. The van der Waals surface area contributed by atoms with Gasteiger partial charge in [-0.1, -0.05) is 23.2 Å². The zero-order valence-electron chi connectivity index (χ0n) is 9.20. The van der Waals surface area contributed by atoms with Crippen LogP contribution in [0.15, 0.2) is 9.59 Å². The highest BCUT2D eigenvalue weighted by molar-refractivity contribution is 6.41. The molecule has 0 bridgehead atoms. The van der Waals surface area contributed by atoms with Crippen molar-refractivity contribution < 1.29 is 9.53 Å². The summed E-state index contributed by atoms with van der Waals surface area (Å²) >= 11 is 11.2. The summed E-state index contributed by atoms with van der Waals surface area (Å²) in [6.45, 7) is 1.42. The van der Waals surface area contributed by atoms with Crippen molar-refractivity contribution in [2.45, 2.75) is 13.5 Å². The minimum Gasteiger partial charge on any atom is -0.465 e. The molecule has 0 aromatic carbocycles. The summed E-state index contributed by atoms with van der Waals surface area (Å²) in [5.74, 6) is -0.636. The fraction of sp³-hybridized carbons (Fsp3) is 0.444. The van der Waals surface area contributed by atoms with Crippen molar-refractivity contribution in [3.8, 4) is 0 Å². The monoisotopic (exact) mass is 280 g/mol. The number of esters is 1. The number of ether oxygens (including phenoxy) is 1. The Morgan fingerprint density at radius 3 is 2.29 bits per heavy atom. The molecule has 8 heteroatoms. The largest absolute Gasteiger partial charge is 0.465 e. The Kier molecular flexibility index (Phi) is 4.36. The van der Waals surface area contributed by atoms with Gasteiger partial charge in [0.2, 0.25) is 0 Å². The molecular formula is C9H10Cl2N2O4. The second-order valence-corrected chi connectivity index (χ2v) is 3.88. The molecule has 1 aromatic heterocycles. The van der Waals surface area contributed by atoms with Crippen LogP contribution in [0.25, 0.3) is 0 Å². The molecule has 0 aliphatic carbocycles. The number of hydrogen-bond donors (Lipinski definition) is 0. The Hall–Kier alpha value is -1.27. The Balaban J connectivity index is 3.31. The van der Waals surface area contributed by atoms with Crippen molar-refractivity contribution in [3.63, 3.8) is 0 Å². The van der Waals surface area contributed by atoms with Gasteiger partial charge in [0.15, 0.2) is 0 Å². The van der Waals surface area contributed by atoms with Crippen LogP contribution in [0.4, 0.5) is 0 Å². The molecule has 0 aliphatic rings. The lowest BCUT2D eigenvalue weighted by Crippen LogP contribution is -2.39. The summed E-state index contributed by atoms with van der Waals surface area (Å²) in [5.41, 5.74) is -1.37. The van der Waals surface area contributed by atoms with Crippen LogP contribution in [-0.2, 0) is 23.1 Å². The van der Waals surface area contributed by atoms with Crippen LogP contribution >= 0.6 is 23.2 Å². The molecule has 94 valence electrons. The van der Waals surface area contributed by atoms with E-state index in [1.807, 2.05) is 0 Å². The Labute approximate surface area is 106 Å². The molecule has 0 fully saturated rings. The van der Waals surface area contributed by atoms with Gasteiger partial charge in [0.05, 0.1) is 6.61 Å². The van der Waals surface area contributed by atoms with Gasteiger partial charge in [0.25, 0.3) is 11.1 Å². The van der Waals surface area contributed by atoms with E-state index in [1.165, 1.54) is 7.05 Å². The first-order valence-electron chi connectivity index (χ1n) is 4.70. The molecule has 0 unspecified atom stereocenters. The molecule has 1 heterocycles. The molecule has 1 aromatic rings. The molecule has 0 radical (unpaired) electrons. The third-order valence-corrected chi connectivity index (χ3v) is 2.84. The SMILES string of the molecule is CCOC(=O)Cn1c(=O)c(Cl)c(Cl)c(=O)n1C. The minimum atomic E-state index is -0.716. The third-order valence-electron chi connectivity index (χ3n) is 2.04. The van der Waals surface area contributed by atoms with E-state index in [1.54, 1.807) is 6.92 Å². The summed E-state index contributed by atoms with van der Waals surface area (Å²) in [6, 6.07) is 0. The number of rotatable bonds is 3. The molecule has 17 heavy (non-hydrogen) atoms. The molecule has 1 rings (SSSR count). The van der Waals surface area contributed by atoms with Crippen molar-refractivity contribution in [1.82, 2.24) is 9.36 Å². The van der Waals surface area contributed by atoms with Crippen LogP contribution in [0.1, 0.15) is 6.92 Å². The first-order valence-corrected chi connectivity index (χ1v) is 5.46. The average molecular weight is 281 g/mol. The average Bonchev–Trinajstić information content (AvgIpc) is 2.30. The van der Waals surface area contributed by atoms with E-state index in [2.05, 4.69) is 4.74 Å². The summed E-state index contributed by atoms with van der Waals surface area (Å²) < 4.78 is 6.47. The summed E-state index contributed by atoms with van der Waals surface area (Å²) in [4.78, 5) is 34.5. The van der Waals surface area contributed by atoms with E-state index in [0.717, 1.165) is 9.36 Å². The maximum Gasteiger partial charge on any atom is 0.327 e. The van der Waals surface area contributed by atoms with Gasteiger partial charge in [-0.25, -0.2) is 9.36 Å². The molecule has 0 aliphatic heterocycles. The van der Waals surface area contributed by atoms with Crippen LogP contribution in [0.2, 0.25) is 10.0 Å². The Morgan fingerprint density at radius 2 is 1.76 bits per heavy atom. The minimum absolute atomic E-state index is 0.183. The molecule has 6 nitrogen and oxygen atoms in total. The number of aromatic nitrogens is 2. The highest BCUT2D eigenvalue weighted by atomic mass is 35.5. The van der Waals surface area contributed by atoms with Crippen LogP contribution in [0.5, 0.6) is 0 Å². The second kappa shape index (κ2) is 5.37. The topological polar surface area (TPSA) is 70.3 Å². The number of nitrogens with zero attached hydrogens (tertiary/aromatic N) is 2. The number of hydrogen-bond acceptors (Lipinski definition) is 4. The van der Waals surface area contributed by atoms with Crippen molar-refractivity contribution in [2.24, 2.45) is 7.05 Å². The number of halogens is 2. The maximum absolute atomic E-state index is 11.7. The second-order valence-electron chi connectivity index (χ2n) is 3.12. The van der Waals surface area contributed by atoms with Gasteiger partial charge in [-0.3, -0.25) is 14.4 Å². The van der Waals surface area contributed by atoms with Crippen LogP contribution in [0, 0.1) is 0 Å². The van der Waals surface area contributed by atoms with E-state index in [-0.39, 0.29) is 11.6 Å². The first kappa shape index (κ1) is 13.8. The first-order chi connectivity index (χ1) is 7.90. The van der Waals surface area contributed by atoms with E-state index < -0.39 is 28.7 Å². The van der Waals surface area contributed by atoms with Gasteiger partial charge in [0, 0.05) is 7.05 Å². The number of carbonyl (C=O) groups is 1. The van der Waals surface area contributed by atoms with Gasteiger partial charge in [0.1, 0.15) is 16.6 Å². The summed E-state index contributed by atoms with van der Waals surface area (Å²) in [5, 5.41) is -0.765. The standard InChI is InChI=1S/C9H10Cl2N2O4/c1-3-17-5(14)4-13-9(16)7(11)6(10)8(15)12(13)2/h3-4H2,1-2H3. The van der Waals surface area contributed by atoms with Gasteiger partial charge >= 0.3 is 5.97 Å². The molecule has 0 saturated heterocycles. The van der Waals surface area contributed by atoms with Crippen molar-refractivity contribution in [2.75, 3.05) is 6.61 Å². The smallest absolute Gasteiger partial charge is 0.327 e. The molecule has 0 spiro atoms. The quantitative estimate of drug-likeness (QED) is 0.753. The zero-order chi connectivity index (χ0) is 13.2. The summed E-state index contributed by atoms with van der Waals surface area (Å²) in [7, 11) is 1.31. The van der Waals surface area contributed by atoms with Gasteiger partial charge in [-0.2, -0.15) is 0 Å². The lowest BCUT2D eigenvalue weighted by Gasteiger charge is -2.11. The molecule has 0 N–H and O–H groups in total. The Morgan fingerprint density at radius 1 is 1.24 bits per heavy atom. The lowest BCUT2D eigenvalue weighted by molar-refractivity contribution is -0.144. The predicted molar refractivity (Wildman–Crippen MR) is 62.6 cm³/mol. The van der Waals surface area contributed by atoms with Crippen LogP contribution in [0.3, 0.4) is 0 Å². The van der Waals surface area contributed by atoms with Crippen LogP contribution < -0.4 is 11.1 Å². The van der Waals surface area contributed by atoms with E-state index >= 15 is 0 Å². The van der Waals surface area contributed by atoms with Crippen molar-refractivity contribution in [1.29, 1.82) is 0 Å². The lowest BCUT2D eigenvalue weighted by atomic mass is 10.5. The molecule has 0 amide bonds. The van der Waals surface area contributed by atoms with E-state index in [4.69, 9.17) is 23.2 Å². The van der Waals surface area contributed by atoms with Gasteiger partial charge in [-0.05, 0) is 6.92 Å². The van der Waals surface area contributed by atoms with Gasteiger partial charge < -0.3 is 4.74 Å². The number of carbonyl (C=O) groups excluding carboxylic acids is 1. The van der Waals surface area contributed by atoms with Crippen LogP contribution in [-0.4, -0.2) is 21.9 Å². The Bertz CT molecular complexity index is 561. The fourth-order valence-corrected chi connectivity index (χ4v) is 1.58. The summed E-state index contributed by atoms with van der Waals surface area (Å²) in [6.07, 6.45) is 0.